The third-order valence-corrected chi connectivity index (χ3v) is 3.54. The number of aliphatic hydroxyl groups is 1. The molecule has 1 unspecified atom stereocenters. The predicted octanol–water partition coefficient (Wildman–Crippen LogP) is 2.29. The van der Waals surface area contributed by atoms with Crippen molar-refractivity contribution in [3.05, 3.63) is 29.8 Å². The van der Waals surface area contributed by atoms with Crippen molar-refractivity contribution in [2.24, 2.45) is 0 Å². The van der Waals surface area contributed by atoms with Crippen molar-refractivity contribution in [1.82, 2.24) is 5.32 Å². The second-order valence-electron chi connectivity index (χ2n) is 4.30. The Labute approximate surface area is 114 Å². The number of thioether (sulfide) groups is 1. The van der Waals surface area contributed by atoms with Crippen LogP contribution in [0.15, 0.2) is 29.2 Å². The first kappa shape index (κ1) is 15.5. The Morgan fingerprint density at radius 3 is 3.00 bits per heavy atom. The molecule has 1 aromatic carbocycles. The Kier molecular flexibility index (Phi) is 8.09. The van der Waals surface area contributed by atoms with Gasteiger partial charge in [0.1, 0.15) is 0 Å². The van der Waals surface area contributed by atoms with E-state index in [4.69, 9.17) is 4.74 Å². The number of hydrogen-bond acceptors (Lipinski definition) is 4. The number of hydrogen-bond donors (Lipinski definition) is 2. The standard InChI is InChI=1S/C14H23NO2S/c1-12(16)6-9-18-14-5-3-4-13(10-14)11-15-7-8-17-2/h3-5,10,12,15-16H,6-9,11H2,1-2H3. The van der Waals surface area contributed by atoms with Crippen molar-refractivity contribution >= 4 is 11.8 Å². The molecule has 0 fully saturated rings. The minimum atomic E-state index is -0.212. The summed E-state index contributed by atoms with van der Waals surface area (Å²) in [7, 11) is 1.71. The van der Waals surface area contributed by atoms with E-state index in [0.29, 0.717) is 0 Å². The van der Waals surface area contributed by atoms with Crippen LogP contribution in [0.3, 0.4) is 0 Å². The van der Waals surface area contributed by atoms with Gasteiger partial charge in [0.05, 0.1) is 12.7 Å². The summed E-state index contributed by atoms with van der Waals surface area (Å²) in [4.78, 5) is 1.27. The smallest absolute Gasteiger partial charge is 0.0587 e. The van der Waals surface area contributed by atoms with E-state index in [1.807, 2.05) is 6.92 Å². The highest BCUT2D eigenvalue weighted by atomic mass is 32.2. The van der Waals surface area contributed by atoms with Crippen LogP contribution in [0.25, 0.3) is 0 Å². The van der Waals surface area contributed by atoms with E-state index in [9.17, 15) is 5.11 Å². The van der Waals surface area contributed by atoms with Gasteiger partial charge in [0.2, 0.25) is 0 Å². The quantitative estimate of drug-likeness (QED) is 0.533. The van der Waals surface area contributed by atoms with Crippen molar-refractivity contribution in [1.29, 1.82) is 0 Å². The van der Waals surface area contributed by atoms with Crippen molar-refractivity contribution < 1.29 is 9.84 Å². The van der Waals surface area contributed by atoms with E-state index in [1.165, 1.54) is 10.5 Å². The maximum Gasteiger partial charge on any atom is 0.0587 e. The summed E-state index contributed by atoms with van der Waals surface area (Å²) in [6.45, 7) is 4.31. The van der Waals surface area contributed by atoms with Crippen molar-refractivity contribution in [3.8, 4) is 0 Å². The van der Waals surface area contributed by atoms with Gasteiger partial charge < -0.3 is 15.2 Å². The second-order valence-corrected chi connectivity index (χ2v) is 5.47. The summed E-state index contributed by atoms with van der Waals surface area (Å²) >= 11 is 1.79. The first-order chi connectivity index (χ1) is 8.72. The molecule has 18 heavy (non-hydrogen) atoms. The van der Waals surface area contributed by atoms with E-state index in [1.54, 1.807) is 18.9 Å². The predicted molar refractivity (Wildman–Crippen MR) is 77.0 cm³/mol. The molecule has 0 saturated carbocycles. The largest absolute Gasteiger partial charge is 0.393 e. The molecule has 0 aliphatic heterocycles. The van der Waals surface area contributed by atoms with E-state index in [0.717, 1.165) is 31.9 Å². The summed E-state index contributed by atoms with van der Waals surface area (Å²) in [6, 6.07) is 8.52. The minimum absolute atomic E-state index is 0.212. The third kappa shape index (κ3) is 7.01. The van der Waals surface area contributed by atoms with Crippen LogP contribution < -0.4 is 5.32 Å². The molecule has 0 aliphatic carbocycles. The fourth-order valence-corrected chi connectivity index (χ4v) is 2.60. The molecule has 0 amide bonds. The van der Waals surface area contributed by atoms with Crippen molar-refractivity contribution in [3.63, 3.8) is 0 Å². The highest BCUT2D eigenvalue weighted by Crippen LogP contribution is 2.20. The van der Waals surface area contributed by atoms with Crippen LogP contribution in [0.4, 0.5) is 0 Å². The second kappa shape index (κ2) is 9.39. The molecule has 1 aromatic rings. The summed E-state index contributed by atoms with van der Waals surface area (Å²) in [5.74, 6) is 0.957. The van der Waals surface area contributed by atoms with E-state index < -0.39 is 0 Å². The minimum Gasteiger partial charge on any atom is -0.393 e. The molecule has 4 heteroatoms. The van der Waals surface area contributed by atoms with E-state index >= 15 is 0 Å². The fourth-order valence-electron chi connectivity index (χ4n) is 1.50. The highest BCUT2D eigenvalue weighted by Gasteiger charge is 1.99. The summed E-state index contributed by atoms with van der Waals surface area (Å²) in [6.07, 6.45) is 0.623. The molecule has 0 aliphatic rings. The maximum absolute atomic E-state index is 9.22. The van der Waals surface area contributed by atoms with Gasteiger partial charge in [-0.25, -0.2) is 0 Å². The Balaban J connectivity index is 2.32. The number of ether oxygens (including phenoxy) is 1. The lowest BCUT2D eigenvalue weighted by Gasteiger charge is -2.07. The molecule has 3 nitrogen and oxygen atoms in total. The zero-order valence-corrected chi connectivity index (χ0v) is 12.0. The molecular formula is C14H23NO2S. The van der Waals surface area contributed by atoms with Crippen LogP contribution >= 0.6 is 11.8 Å². The molecule has 0 heterocycles. The van der Waals surface area contributed by atoms with Gasteiger partial charge in [-0.05, 0) is 31.0 Å². The zero-order chi connectivity index (χ0) is 13.2. The number of aliphatic hydroxyl groups excluding tert-OH is 1. The molecule has 2 N–H and O–H groups in total. The molecule has 1 atom stereocenters. The van der Waals surface area contributed by atoms with Crippen molar-refractivity contribution in [2.75, 3.05) is 26.0 Å². The average molecular weight is 269 g/mol. The SMILES string of the molecule is COCCNCc1cccc(SCCC(C)O)c1. The van der Waals surface area contributed by atoms with Crippen LogP contribution in [0.2, 0.25) is 0 Å². The van der Waals surface area contributed by atoms with Crippen LogP contribution in [0.5, 0.6) is 0 Å². The van der Waals surface area contributed by atoms with Gasteiger partial charge in [-0.1, -0.05) is 12.1 Å². The first-order valence-electron chi connectivity index (χ1n) is 6.32. The summed E-state index contributed by atoms with van der Waals surface area (Å²) in [5.41, 5.74) is 1.29. The van der Waals surface area contributed by atoms with Crippen LogP contribution in [-0.4, -0.2) is 37.2 Å². The van der Waals surface area contributed by atoms with Gasteiger partial charge in [0.25, 0.3) is 0 Å². The summed E-state index contributed by atoms with van der Waals surface area (Å²) < 4.78 is 4.99. The molecule has 0 bridgehead atoms. The highest BCUT2D eigenvalue weighted by molar-refractivity contribution is 7.99. The lowest BCUT2D eigenvalue weighted by Crippen LogP contribution is -2.18. The zero-order valence-electron chi connectivity index (χ0n) is 11.2. The molecule has 0 aromatic heterocycles. The van der Waals surface area contributed by atoms with Gasteiger partial charge in [-0.3, -0.25) is 0 Å². The number of methoxy groups -OCH3 is 1. The molecular weight excluding hydrogens is 246 g/mol. The lowest BCUT2D eigenvalue weighted by atomic mass is 10.2. The van der Waals surface area contributed by atoms with Gasteiger partial charge in [-0.2, -0.15) is 0 Å². The van der Waals surface area contributed by atoms with Gasteiger partial charge >= 0.3 is 0 Å². The topological polar surface area (TPSA) is 41.5 Å². The van der Waals surface area contributed by atoms with Crippen LogP contribution in [-0.2, 0) is 11.3 Å². The van der Waals surface area contributed by atoms with Gasteiger partial charge in [-0.15, -0.1) is 11.8 Å². The Morgan fingerprint density at radius 1 is 1.44 bits per heavy atom. The monoisotopic (exact) mass is 269 g/mol. The van der Waals surface area contributed by atoms with E-state index in [2.05, 4.69) is 29.6 Å². The third-order valence-electron chi connectivity index (χ3n) is 2.51. The molecule has 1 rings (SSSR count). The van der Waals surface area contributed by atoms with Crippen molar-refractivity contribution in [2.45, 2.75) is 30.9 Å². The van der Waals surface area contributed by atoms with Crippen LogP contribution in [0, 0.1) is 0 Å². The average Bonchev–Trinajstić information content (AvgIpc) is 2.35. The Bertz CT molecular complexity index is 331. The molecule has 0 saturated heterocycles. The first-order valence-corrected chi connectivity index (χ1v) is 7.30. The number of rotatable bonds is 9. The molecule has 102 valence electrons. The molecule has 0 spiro atoms. The Morgan fingerprint density at radius 2 is 2.28 bits per heavy atom. The Hall–Kier alpha value is -0.550. The number of nitrogens with one attached hydrogen (secondary N) is 1. The molecule has 0 radical (unpaired) electrons. The number of benzene rings is 1. The fraction of sp³-hybridized carbons (Fsp3) is 0.571. The summed E-state index contributed by atoms with van der Waals surface area (Å²) in [5, 5.41) is 12.5. The van der Waals surface area contributed by atoms with Crippen LogP contribution in [0.1, 0.15) is 18.9 Å². The normalized spacial score (nSPS) is 12.6. The lowest BCUT2D eigenvalue weighted by molar-refractivity contribution is 0.192. The maximum atomic E-state index is 9.22. The van der Waals surface area contributed by atoms with E-state index in [-0.39, 0.29) is 6.10 Å². The van der Waals surface area contributed by atoms with Gasteiger partial charge in [0, 0.05) is 30.8 Å². The van der Waals surface area contributed by atoms with Gasteiger partial charge in [0.15, 0.2) is 0 Å².